The first-order chi connectivity index (χ1) is 7.15. The van der Waals surface area contributed by atoms with Crippen LogP contribution in [0, 0.1) is 0 Å². The summed E-state index contributed by atoms with van der Waals surface area (Å²) in [5.41, 5.74) is 7.00. The van der Waals surface area contributed by atoms with Gasteiger partial charge in [-0.1, -0.05) is 0 Å². The van der Waals surface area contributed by atoms with E-state index in [2.05, 4.69) is 4.98 Å². The minimum atomic E-state index is -0.118. The number of carbonyl (C=O) groups is 1. The standard InChI is InChI=1S/C10H16N4O/c1-3-14-9(15)4-7(11)10(14)8-5-12-6-13(8)2/h5-7,10H,3-4,11H2,1-2H3. The number of likely N-dealkylation sites (N-methyl/N-ethyl adjacent to an activating group) is 1. The zero-order valence-corrected chi connectivity index (χ0v) is 9.05. The molecule has 0 spiro atoms. The van der Waals surface area contributed by atoms with Crippen LogP contribution >= 0.6 is 0 Å². The predicted molar refractivity (Wildman–Crippen MR) is 55.9 cm³/mol. The highest BCUT2D eigenvalue weighted by atomic mass is 16.2. The largest absolute Gasteiger partial charge is 0.336 e. The van der Waals surface area contributed by atoms with Crippen molar-refractivity contribution in [3.8, 4) is 0 Å². The van der Waals surface area contributed by atoms with E-state index in [1.54, 1.807) is 12.5 Å². The number of hydrogen-bond acceptors (Lipinski definition) is 3. The highest BCUT2D eigenvalue weighted by Crippen LogP contribution is 2.30. The molecule has 1 fully saturated rings. The Bertz CT molecular complexity index is 373. The molecule has 1 saturated heterocycles. The van der Waals surface area contributed by atoms with E-state index < -0.39 is 0 Å². The third-order valence-corrected chi connectivity index (χ3v) is 2.97. The maximum Gasteiger partial charge on any atom is 0.224 e. The summed E-state index contributed by atoms with van der Waals surface area (Å²) in [7, 11) is 1.92. The summed E-state index contributed by atoms with van der Waals surface area (Å²) in [6.07, 6.45) is 3.95. The fourth-order valence-corrected chi connectivity index (χ4v) is 2.22. The highest BCUT2D eigenvalue weighted by Gasteiger charge is 2.38. The molecule has 2 N–H and O–H groups in total. The maximum absolute atomic E-state index is 11.6. The van der Waals surface area contributed by atoms with Gasteiger partial charge in [-0.2, -0.15) is 0 Å². The second-order valence-corrected chi connectivity index (χ2v) is 3.92. The molecule has 2 heterocycles. The summed E-state index contributed by atoms with van der Waals surface area (Å²) in [5.74, 6) is 0.135. The van der Waals surface area contributed by atoms with E-state index in [1.807, 2.05) is 23.4 Å². The maximum atomic E-state index is 11.6. The molecular formula is C10H16N4O. The number of aromatic nitrogens is 2. The van der Waals surface area contributed by atoms with Crippen molar-refractivity contribution in [2.75, 3.05) is 6.54 Å². The zero-order valence-electron chi connectivity index (χ0n) is 9.05. The molecule has 2 atom stereocenters. The number of carbonyl (C=O) groups excluding carboxylic acids is 1. The number of imidazole rings is 1. The van der Waals surface area contributed by atoms with Gasteiger partial charge in [0, 0.05) is 26.1 Å². The molecular weight excluding hydrogens is 192 g/mol. The molecule has 0 aliphatic carbocycles. The highest BCUT2D eigenvalue weighted by molar-refractivity contribution is 5.80. The van der Waals surface area contributed by atoms with Crippen molar-refractivity contribution in [3.63, 3.8) is 0 Å². The Morgan fingerprint density at radius 3 is 2.93 bits per heavy atom. The normalized spacial score (nSPS) is 26.3. The lowest BCUT2D eigenvalue weighted by atomic mass is 10.1. The second kappa shape index (κ2) is 3.66. The van der Waals surface area contributed by atoms with Gasteiger partial charge in [-0.25, -0.2) is 4.98 Å². The Labute approximate surface area is 88.9 Å². The molecule has 82 valence electrons. The second-order valence-electron chi connectivity index (χ2n) is 3.92. The van der Waals surface area contributed by atoms with Gasteiger partial charge < -0.3 is 15.2 Å². The molecule has 5 heteroatoms. The minimum Gasteiger partial charge on any atom is -0.336 e. The number of nitrogens with zero attached hydrogens (tertiary/aromatic N) is 3. The monoisotopic (exact) mass is 208 g/mol. The first-order valence-electron chi connectivity index (χ1n) is 5.16. The third-order valence-electron chi connectivity index (χ3n) is 2.97. The summed E-state index contributed by atoms with van der Waals surface area (Å²) < 4.78 is 1.92. The first-order valence-corrected chi connectivity index (χ1v) is 5.16. The van der Waals surface area contributed by atoms with Gasteiger partial charge in [0.05, 0.1) is 24.3 Å². The summed E-state index contributed by atoms with van der Waals surface area (Å²) in [6, 6.07) is -0.136. The smallest absolute Gasteiger partial charge is 0.224 e. The lowest BCUT2D eigenvalue weighted by molar-refractivity contribution is -0.128. The van der Waals surface area contributed by atoms with Gasteiger partial charge in [-0.3, -0.25) is 4.79 Å². The molecule has 1 aliphatic rings. The van der Waals surface area contributed by atoms with Crippen molar-refractivity contribution in [2.24, 2.45) is 12.8 Å². The van der Waals surface area contributed by atoms with Gasteiger partial charge in [0.1, 0.15) is 0 Å². The molecule has 2 unspecified atom stereocenters. The van der Waals surface area contributed by atoms with Gasteiger partial charge in [0.15, 0.2) is 0 Å². The molecule has 0 bridgehead atoms. The number of aryl methyl sites for hydroxylation is 1. The summed E-state index contributed by atoms with van der Waals surface area (Å²) in [6.45, 7) is 2.67. The van der Waals surface area contributed by atoms with E-state index in [9.17, 15) is 4.79 Å². The molecule has 15 heavy (non-hydrogen) atoms. The van der Waals surface area contributed by atoms with Crippen LogP contribution in [0.15, 0.2) is 12.5 Å². The van der Waals surface area contributed by atoms with Crippen LogP contribution < -0.4 is 5.73 Å². The average molecular weight is 208 g/mol. The van der Waals surface area contributed by atoms with E-state index in [0.29, 0.717) is 13.0 Å². The Hall–Kier alpha value is -1.36. The van der Waals surface area contributed by atoms with Gasteiger partial charge in [0.2, 0.25) is 5.91 Å². The lowest BCUT2D eigenvalue weighted by Gasteiger charge is -2.25. The van der Waals surface area contributed by atoms with E-state index in [1.165, 1.54) is 0 Å². The lowest BCUT2D eigenvalue weighted by Crippen LogP contribution is -2.34. The van der Waals surface area contributed by atoms with Crippen LogP contribution in [0.25, 0.3) is 0 Å². The van der Waals surface area contributed by atoms with E-state index in [4.69, 9.17) is 5.73 Å². The number of hydrogen-bond donors (Lipinski definition) is 1. The predicted octanol–water partition coefficient (Wildman–Crippen LogP) is 0.0407. The van der Waals surface area contributed by atoms with Crippen molar-refractivity contribution in [1.29, 1.82) is 0 Å². The van der Waals surface area contributed by atoms with E-state index in [-0.39, 0.29) is 18.0 Å². The van der Waals surface area contributed by atoms with E-state index >= 15 is 0 Å². The quantitative estimate of drug-likeness (QED) is 0.746. The van der Waals surface area contributed by atoms with Crippen molar-refractivity contribution in [3.05, 3.63) is 18.2 Å². The summed E-state index contributed by atoms with van der Waals surface area (Å²) >= 11 is 0. The van der Waals surface area contributed by atoms with Crippen molar-refractivity contribution in [1.82, 2.24) is 14.5 Å². The van der Waals surface area contributed by atoms with Gasteiger partial charge in [-0.15, -0.1) is 0 Å². The molecule has 1 amide bonds. The van der Waals surface area contributed by atoms with Crippen molar-refractivity contribution in [2.45, 2.75) is 25.4 Å². The van der Waals surface area contributed by atoms with Crippen molar-refractivity contribution < 1.29 is 4.79 Å². The number of nitrogens with two attached hydrogens (primary N) is 1. The average Bonchev–Trinajstić information content (AvgIpc) is 2.70. The Morgan fingerprint density at radius 1 is 1.67 bits per heavy atom. The molecule has 0 aromatic carbocycles. The Balaban J connectivity index is 2.35. The van der Waals surface area contributed by atoms with Crippen LogP contribution in [-0.2, 0) is 11.8 Å². The van der Waals surface area contributed by atoms with Crippen LogP contribution in [0.3, 0.4) is 0 Å². The molecule has 2 rings (SSSR count). The molecule has 1 aliphatic heterocycles. The van der Waals surface area contributed by atoms with Gasteiger partial charge in [0.25, 0.3) is 0 Å². The molecule has 0 radical (unpaired) electrons. The zero-order chi connectivity index (χ0) is 11.0. The van der Waals surface area contributed by atoms with Crippen LogP contribution in [0.5, 0.6) is 0 Å². The minimum absolute atomic E-state index is 0.0185. The van der Waals surface area contributed by atoms with Crippen LogP contribution in [0.2, 0.25) is 0 Å². The SMILES string of the molecule is CCN1C(=O)CC(N)C1c1cncn1C. The van der Waals surface area contributed by atoms with Crippen molar-refractivity contribution >= 4 is 5.91 Å². The van der Waals surface area contributed by atoms with E-state index in [0.717, 1.165) is 5.69 Å². The van der Waals surface area contributed by atoms with Crippen LogP contribution in [-0.4, -0.2) is 32.9 Å². The third kappa shape index (κ3) is 1.52. The number of rotatable bonds is 2. The van der Waals surface area contributed by atoms with Crippen LogP contribution in [0.4, 0.5) is 0 Å². The first kappa shape index (κ1) is 10.2. The molecule has 5 nitrogen and oxygen atoms in total. The molecule has 1 aromatic rings. The Kier molecular flexibility index (Phi) is 2.48. The van der Waals surface area contributed by atoms with Gasteiger partial charge in [-0.05, 0) is 6.92 Å². The van der Waals surface area contributed by atoms with Crippen LogP contribution in [0.1, 0.15) is 25.1 Å². The topological polar surface area (TPSA) is 64.2 Å². The van der Waals surface area contributed by atoms with Gasteiger partial charge >= 0.3 is 0 Å². The summed E-state index contributed by atoms with van der Waals surface area (Å²) in [4.78, 5) is 17.5. The molecule has 1 aromatic heterocycles. The number of amides is 1. The molecule has 0 saturated carbocycles. The number of likely N-dealkylation sites (tertiary alicyclic amines) is 1. The fraction of sp³-hybridized carbons (Fsp3) is 0.600. The fourth-order valence-electron chi connectivity index (χ4n) is 2.22. The summed E-state index contributed by atoms with van der Waals surface area (Å²) in [5, 5.41) is 0. The Morgan fingerprint density at radius 2 is 2.40 bits per heavy atom.